The minimum atomic E-state index is -0.672. The molecular weight excluding hydrogens is 460 g/mol. The molecule has 2 aliphatic heterocycles. The fourth-order valence-electron chi connectivity index (χ4n) is 5.28. The Hall–Kier alpha value is -4.01. The van der Waals surface area contributed by atoms with Gasteiger partial charge in [0.05, 0.1) is 31.0 Å². The summed E-state index contributed by atoms with van der Waals surface area (Å²) in [7, 11) is 1.38. The van der Waals surface area contributed by atoms with Crippen LogP contribution in [0.25, 0.3) is 27.2 Å². The molecule has 5 rings (SSSR count). The van der Waals surface area contributed by atoms with Crippen LogP contribution in [0.4, 0.5) is 20.3 Å². The number of aromatic nitrogens is 1. The van der Waals surface area contributed by atoms with Gasteiger partial charge in [-0.1, -0.05) is 18.2 Å². The van der Waals surface area contributed by atoms with Gasteiger partial charge in [0.1, 0.15) is 11.6 Å². The predicted molar refractivity (Wildman–Crippen MR) is 134 cm³/mol. The first kappa shape index (κ1) is 23.7. The lowest BCUT2D eigenvalue weighted by atomic mass is 9.78. The van der Waals surface area contributed by atoms with Gasteiger partial charge >= 0.3 is 0 Å². The monoisotopic (exact) mass is 485 g/mol. The first-order valence-corrected chi connectivity index (χ1v) is 11.9. The highest BCUT2D eigenvalue weighted by Crippen LogP contribution is 2.41. The van der Waals surface area contributed by atoms with E-state index in [1.165, 1.54) is 31.4 Å². The smallest absolute Gasteiger partial charge is 0.222 e. The van der Waals surface area contributed by atoms with Crippen LogP contribution >= 0.6 is 0 Å². The van der Waals surface area contributed by atoms with E-state index in [1.807, 2.05) is 0 Å². The van der Waals surface area contributed by atoms with E-state index in [4.69, 9.17) is 16.3 Å². The molecule has 0 saturated carbocycles. The van der Waals surface area contributed by atoms with Crippen LogP contribution in [0, 0.1) is 35.0 Å². The van der Waals surface area contributed by atoms with Crippen LogP contribution in [0.5, 0.6) is 5.75 Å². The lowest BCUT2D eigenvalue weighted by Gasteiger charge is -2.39. The first-order chi connectivity index (χ1) is 17.5. The van der Waals surface area contributed by atoms with E-state index in [9.17, 15) is 14.0 Å². The number of piperidine rings is 1. The Morgan fingerprint density at radius 3 is 2.44 bits per heavy atom. The van der Waals surface area contributed by atoms with Crippen molar-refractivity contribution in [2.75, 3.05) is 38.2 Å². The second kappa shape index (κ2) is 9.56. The quantitative estimate of drug-likeness (QED) is 0.480. The van der Waals surface area contributed by atoms with Gasteiger partial charge in [-0.05, 0) is 61.1 Å². The van der Waals surface area contributed by atoms with E-state index in [0.717, 1.165) is 45.4 Å². The molecule has 36 heavy (non-hydrogen) atoms. The SMILES string of the molecule is [C-]#[N+]c1ccc(-c2nc(N3CCC4(CCNC4)CC3)cc(C#N)c2-c2ccc(OC)c(F)c2)cc1F. The molecule has 8 heteroatoms. The van der Waals surface area contributed by atoms with Crippen molar-refractivity contribution in [3.63, 3.8) is 0 Å². The van der Waals surface area contributed by atoms with Crippen molar-refractivity contribution < 1.29 is 13.5 Å². The van der Waals surface area contributed by atoms with Crippen LogP contribution in [-0.2, 0) is 0 Å². The Morgan fingerprint density at radius 2 is 1.83 bits per heavy atom. The summed E-state index contributed by atoms with van der Waals surface area (Å²) in [4.78, 5) is 10.3. The molecule has 0 atom stereocenters. The van der Waals surface area contributed by atoms with E-state index in [0.29, 0.717) is 39.2 Å². The van der Waals surface area contributed by atoms with Crippen LogP contribution in [0.15, 0.2) is 42.5 Å². The number of hydrogen-bond acceptors (Lipinski definition) is 5. The van der Waals surface area contributed by atoms with Crippen molar-refractivity contribution in [1.29, 1.82) is 5.26 Å². The minimum Gasteiger partial charge on any atom is -0.494 e. The number of methoxy groups -OCH3 is 1. The Balaban J connectivity index is 1.64. The molecule has 0 unspecified atom stereocenters. The molecule has 182 valence electrons. The van der Waals surface area contributed by atoms with Gasteiger partial charge in [0.15, 0.2) is 11.6 Å². The third-order valence-electron chi connectivity index (χ3n) is 7.39. The van der Waals surface area contributed by atoms with Crippen LogP contribution < -0.4 is 15.0 Å². The highest BCUT2D eigenvalue weighted by atomic mass is 19.1. The molecule has 0 bridgehead atoms. The van der Waals surface area contributed by atoms with Crippen molar-refractivity contribution in [2.45, 2.75) is 19.3 Å². The van der Waals surface area contributed by atoms with E-state index in [-0.39, 0.29) is 11.4 Å². The predicted octanol–water partition coefficient (Wildman–Crippen LogP) is 5.70. The maximum absolute atomic E-state index is 14.6. The molecule has 0 amide bonds. The van der Waals surface area contributed by atoms with Crippen LogP contribution in [0.3, 0.4) is 0 Å². The fourth-order valence-corrected chi connectivity index (χ4v) is 5.28. The Labute approximate surface area is 209 Å². The van der Waals surface area contributed by atoms with Crippen LogP contribution in [0.2, 0.25) is 0 Å². The van der Waals surface area contributed by atoms with Gasteiger partial charge in [0.25, 0.3) is 0 Å². The molecule has 0 radical (unpaired) electrons. The third-order valence-corrected chi connectivity index (χ3v) is 7.39. The standard InChI is InChI=1S/C28H25F2N5O/c1-32-23-5-3-19(14-21(23)29)27-26(18-4-6-24(36-2)22(30)13-18)20(16-31)15-25(34-27)35-11-8-28(9-12-35)7-10-33-17-28/h3-6,13-15,33H,7-12,17H2,2H3. The zero-order valence-corrected chi connectivity index (χ0v) is 19.9. The normalized spacial score (nSPS) is 16.5. The van der Waals surface area contributed by atoms with Gasteiger partial charge in [-0.2, -0.15) is 5.26 Å². The number of ether oxygens (including phenoxy) is 1. The van der Waals surface area contributed by atoms with E-state index < -0.39 is 11.6 Å². The van der Waals surface area contributed by atoms with Gasteiger partial charge in [-0.3, -0.25) is 0 Å². The van der Waals surface area contributed by atoms with Gasteiger partial charge in [0.2, 0.25) is 5.69 Å². The molecule has 1 N–H and O–H groups in total. The summed E-state index contributed by atoms with van der Waals surface area (Å²) in [5.41, 5.74) is 2.16. The van der Waals surface area contributed by atoms with E-state index in [1.54, 1.807) is 18.2 Å². The zero-order valence-electron chi connectivity index (χ0n) is 19.9. The molecular formula is C28H25F2N5O. The Kier molecular flexibility index (Phi) is 6.30. The van der Waals surface area contributed by atoms with Gasteiger partial charge < -0.3 is 15.0 Å². The summed E-state index contributed by atoms with van der Waals surface area (Å²) in [5, 5.41) is 13.6. The van der Waals surface area contributed by atoms with E-state index >= 15 is 0 Å². The van der Waals surface area contributed by atoms with Crippen LogP contribution in [-0.4, -0.2) is 38.3 Å². The number of nitrogens with one attached hydrogen (secondary N) is 1. The number of anilines is 1. The number of hydrogen-bond donors (Lipinski definition) is 1. The maximum Gasteiger partial charge on any atom is 0.222 e. The topological polar surface area (TPSA) is 65.5 Å². The Bertz CT molecular complexity index is 1390. The molecule has 6 nitrogen and oxygen atoms in total. The van der Waals surface area contributed by atoms with E-state index in [2.05, 4.69) is 21.1 Å². The molecule has 2 fully saturated rings. The van der Waals surface area contributed by atoms with Crippen molar-refractivity contribution in [3.05, 3.63) is 71.1 Å². The number of nitrogens with zero attached hydrogens (tertiary/aromatic N) is 4. The number of halogens is 2. The van der Waals surface area contributed by atoms with Gasteiger partial charge in [0, 0.05) is 30.8 Å². The van der Waals surface area contributed by atoms with Crippen molar-refractivity contribution in [2.24, 2.45) is 5.41 Å². The summed E-state index contributed by atoms with van der Waals surface area (Å²) in [6.07, 6.45) is 3.22. The molecule has 0 aliphatic carbocycles. The first-order valence-electron chi connectivity index (χ1n) is 11.9. The van der Waals surface area contributed by atoms with Crippen molar-refractivity contribution >= 4 is 11.5 Å². The fraction of sp³-hybridized carbons (Fsp3) is 0.321. The summed E-state index contributed by atoms with van der Waals surface area (Å²) >= 11 is 0. The summed E-state index contributed by atoms with van der Waals surface area (Å²) in [6.45, 7) is 10.8. The number of benzene rings is 2. The largest absolute Gasteiger partial charge is 0.494 e. The average molecular weight is 486 g/mol. The van der Waals surface area contributed by atoms with Gasteiger partial charge in [-0.15, -0.1) is 0 Å². The summed E-state index contributed by atoms with van der Waals surface area (Å²) in [6, 6.07) is 12.7. The minimum absolute atomic E-state index is 0.0829. The molecule has 2 saturated heterocycles. The maximum atomic E-state index is 14.6. The molecule has 2 aliphatic rings. The summed E-state index contributed by atoms with van der Waals surface area (Å²) < 4.78 is 34.3. The Morgan fingerprint density at radius 1 is 1.08 bits per heavy atom. The molecule has 3 heterocycles. The number of nitriles is 1. The molecule has 1 spiro atoms. The highest BCUT2D eigenvalue weighted by Gasteiger charge is 2.37. The third kappa shape index (κ3) is 4.25. The average Bonchev–Trinajstić information content (AvgIpc) is 3.36. The molecule has 3 aromatic rings. The highest BCUT2D eigenvalue weighted by molar-refractivity contribution is 5.87. The summed E-state index contributed by atoms with van der Waals surface area (Å²) in [5.74, 6) is -0.530. The molecule has 1 aromatic heterocycles. The van der Waals surface area contributed by atoms with Crippen LogP contribution in [0.1, 0.15) is 24.8 Å². The zero-order chi connectivity index (χ0) is 25.3. The molecule has 2 aromatic carbocycles. The second-order valence-corrected chi connectivity index (χ2v) is 9.40. The number of pyridine rings is 1. The van der Waals surface area contributed by atoms with Crippen molar-refractivity contribution in [1.82, 2.24) is 10.3 Å². The number of rotatable bonds is 4. The lowest BCUT2D eigenvalue weighted by Crippen LogP contribution is -2.41. The second-order valence-electron chi connectivity index (χ2n) is 9.40. The lowest BCUT2D eigenvalue weighted by molar-refractivity contribution is 0.247. The van der Waals surface area contributed by atoms with Crippen molar-refractivity contribution in [3.8, 4) is 34.2 Å². The van der Waals surface area contributed by atoms with Gasteiger partial charge in [-0.25, -0.2) is 18.6 Å².